The van der Waals surface area contributed by atoms with Gasteiger partial charge >= 0.3 is 0 Å². The van der Waals surface area contributed by atoms with E-state index in [0.717, 1.165) is 10.8 Å². The van der Waals surface area contributed by atoms with Gasteiger partial charge in [0.25, 0.3) is 0 Å². The van der Waals surface area contributed by atoms with Crippen LogP contribution in [0, 0.1) is 5.82 Å². The van der Waals surface area contributed by atoms with Crippen molar-refractivity contribution in [1.82, 2.24) is 0 Å². The average Bonchev–Trinajstić information content (AvgIpc) is 2.04. The van der Waals surface area contributed by atoms with E-state index in [2.05, 4.69) is 22.6 Å². The van der Waals surface area contributed by atoms with Crippen LogP contribution in [0.25, 0.3) is 0 Å². The molecule has 0 bridgehead atoms. The fourth-order valence-electron chi connectivity index (χ4n) is 0.922. The van der Waals surface area contributed by atoms with Gasteiger partial charge in [0.1, 0.15) is 5.82 Å². The lowest BCUT2D eigenvalue weighted by Gasteiger charge is -1.97. The SMILES string of the molecule is Fc1ccc(CCCI)cc1. The first-order chi connectivity index (χ1) is 5.33. The molecule has 1 aromatic rings. The van der Waals surface area contributed by atoms with E-state index in [-0.39, 0.29) is 5.82 Å². The number of alkyl halides is 1. The van der Waals surface area contributed by atoms with Gasteiger partial charge in [-0.15, -0.1) is 0 Å². The van der Waals surface area contributed by atoms with E-state index in [0.29, 0.717) is 0 Å². The van der Waals surface area contributed by atoms with Crippen molar-refractivity contribution in [3.8, 4) is 0 Å². The Morgan fingerprint density at radius 1 is 1.18 bits per heavy atom. The maximum absolute atomic E-state index is 12.4. The summed E-state index contributed by atoms with van der Waals surface area (Å²) >= 11 is 2.35. The average molecular weight is 264 g/mol. The van der Waals surface area contributed by atoms with Crippen molar-refractivity contribution >= 4 is 22.6 Å². The Balaban J connectivity index is 2.52. The monoisotopic (exact) mass is 264 g/mol. The molecule has 0 nitrogen and oxygen atoms in total. The van der Waals surface area contributed by atoms with E-state index in [1.807, 2.05) is 12.1 Å². The highest BCUT2D eigenvalue weighted by Gasteiger charge is 1.92. The second kappa shape index (κ2) is 4.70. The maximum atomic E-state index is 12.4. The summed E-state index contributed by atoms with van der Waals surface area (Å²) in [5, 5.41) is 0. The lowest BCUT2D eigenvalue weighted by Crippen LogP contribution is -1.85. The number of aryl methyl sites for hydroxylation is 1. The molecule has 0 aliphatic rings. The van der Waals surface area contributed by atoms with Gasteiger partial charge < -0.3 is 0 Å². The van der Waals surface area contributed by atoms with Crippen LogP contribution in [0.15, 0.2) is 24.3 Å². The molecule has 0 heterocycles. The van der Waals surface area contributed by atoms with Gasteiger partial charge in [-0.05, 0) is 35.0 Å². The van der Waals surface area contributed by atoms with Crippen molar-refractivity contribution in [3.63, 3.8) is 0 Å². The van der Waals surface area contributed by atoms with Gasteiger partial charge in [-0.25, -0.2) is 4.39 Å². The van der Waals surface area contributed by atoms with E-state index in [1.54, 1.807) is 0 Å². The van der Waals surface area contributed by atoms with Gasteiger partial charge in [0.15, 0.2) is 0 Å². The maximum Gasteiger partial charge on any atom is 0.123 e. The van der Waals surface area contributed by atoms with Crippen LogP contribution in [0.2, 0.25) is 0 Å². The highest BCUT2D eigenvalue weighted by Crippen LogP contribution is 2.06. The molecule has 0 spiro atoms. The molecular weight excluding hydrogens is 254 g/mol. The Morgan fingerprint density at radius 3 is 2.36 bits per heavy atom. The largest absolute Gasteiger partial charge is 0.207 e. The van der Waals surface area contributed by atoms with Crippen molar-refractivity contribution in [2.24, 2.45) is 0 Å². The third kappa shape index (κ3) is 3.18. The van der Waals surface area contributed by atoms with Crippen molar-refractivity contribution in [3.05, 3.63) is 35.6 Å². The topological polar surface area (TPSA) is 0 Å². The van der Waals surface area contributed by atoms with Gasteiger partial charge in [-0.2, -0.15) is 0 Å². The molecule has 0 aliphatic heterocycles. The lowest BCUT2D eigenvalue weighted by molar-refractivity contribution is 0.627. The van der Waals surface area contributed by atoms with Gasteiger partial charge in [-0.3, -0.25) is 0 Å². The number of hydrogen-bond acceptors (Lipinski definition) is 0. The predicted octanol–water partition coefficient (Wildman–Crippen LogP) is 3.19. The number of halogens is 2. The van der Waals surface area contributed by atoms with Crippen molar-refractivity contribution in [2.75, 3.05) is 4.43 Å². The molecule has 0 fully saturated rings. The van der Waals surface area contributed by atoms with E-state index in [1.165, 1.54) is 24.1 Å². The molecule has 1 rings (SSSR count). The second-order valence-corrected chi connectivity index (χ2v) is 3.50. The van der Waals surface area contributed by atoms with Gasteiger partial charge in [-0.1, -0.05) is 34.7 Å². The molecule has 0 aliphatic carbocycles. The molecule has 0 radical (unpaired) electrons. The molecule has 1 aromatic carbocycles. The Bertz CT molecular complexity index is 205. The number of hydrogen-bond donors (Lipinski definition) is 0. The normalized spacial score (nSPS) is 10.0. The zero-order chi connectivity index (χ0) is 8.10. The number of benzene rings is 1. The van der Waals surface area contributed by atoms with Crippen molar-refractivity contribution in [2.45, 2.75) is 12.8 Å². The zero-order valence-corrected chi connectivity index (χ0v) is 8.34. The van der Waals surface area contributed by atoms with Crippen LogP contribution in [-0.4, -0.2) is 4.43 Å². The fourth-order valence-corrected chi connectivity index (χ4v) is 1.30. The van der Waals surface area contributed by atoms with Gasteiger partial charge in [0.2, 0.25) is 0 Å². The summed E-state index contributed by atoms with van der Waals surface area (Å²) in [5.41, 5.74) is 1.23. The Morgan fingerprint density at radius 2 is 1.82 bits per heavy atom. The van der Waals surface area contributed by atoms with Crippen LogP contribution < -0.4 is 0 Å². The molecule has 0 saturated heterocycles. The Hall–Kier alpha value is -0.120. The van der Waals surface area contributed by atoms with Crippen LogP contribution in [-0.2, 0) is 6.42 Å². The second-order valence-electron chi connectivity index (χ2n) is 2.42. The van der Waals surface area contributed by atoms with Crippen LogP contribution in [0.4, 0.5) is 4.39 Å². The molecule has 0 amide bonds. The van der Waals surface area contributed by atoms with Crippen LogP contribution in [0.1, 0.15) is 12.0 Å². The lowest BCUT2D eigenvalue weighted by atomic mass is 10.1. The summed E-state index contributed by atoms with van der Waals surface area (Å²) in [6.07, 6.45) is 2.23. The predicted molar refractivity (Wildman–Crippen MR) is 53.6 cm³/mol. The zero-order valence-electron chi connectivity index (χ0n) is 6.19. The highest BCUT2D eigenvalue weighted by molar-refractivity contribution is 14.1. The summed E-state index contributed by atoms with van der Waals surface area (Å²) < 4.78 is 13.6. The third-order valence-electron chi connectivity index (χ3n) is 1.51. The minimum absolute atomic E-state index is 0.150. The van der Waals surface area contributed by atoms with E-state index < -0.39 is 0 Å². The highest BCUT2D eigenvalue weighted by atomic mass is 127. The van der Waals surface area contributed by atoms with E-state index in [9.17, 15) is 4.39 Å². The molecule has 60 valence electrons. The summed E-state index contributed by atoms with van der Waals surface area (Å²) in [4.78, 5) is 0. The standard InChI is InChI=1S/C9H10FI/c10-9-5-3-8(4-6-9)2-1-7-11/h3-6H,1-2,7H2. The molecule has 0 aromatic heterocycles. The minimum atomic E-state index is -0.150. The summed E-state index contributed by atoms with van der Waals surface area (Å²) in [6, 6.07) is 6.73. The molecule has 2 heteroatoms. The molecule has 0 N–H and O–H groups in total. The number of rotatable bonds is 3. The first-order valence-corrected chi connectivity index (χ1v) is 5.16. The van der Waals surface area contributed by atoms with Gasteiger partial charge in [0.05, 0.1) is 0 Å². The van der Waals surface area contributed by atoms with Crippen LogP contribution in [0.5, 0.6) is 0 Å². The summed E-state index contributed by atoms with van der Waals surface area (Å²) in [6.45, 7) is 0. The fraction of sp³-hybridized carbons (Fsp3) is 0.333. The molecule has 0 atom stereocenters. The van der Waals surface area contributed by atoms with Crippen molar-refractivity contribution in [1.29, 1.82) is 0 Å². The van der Waals surface area contributed by atoms with E-state index in [4.69, 9.17) is 0 Å². The minimum Gasteiger partial charge on any atom is -0.207 e. The van der Waals surface area contributed by atoms with Gasteiger partial charge in [0, 0.05) is 0 Å². The molecule has 11 heavy (non-hydrogen) atoms. The molecule has 0 saturated carbocycles. The molecular formula is C9H10FI. The van der Waals surface area contributed by atoms with Crippen LogP contribution >= 0.6 is 22.6 Å². The Kier molecular flexibility index (Phi) is 3.83. The summed E-state index contributed by atoms with van der Waals surface area (Å²) in [5.74, 6) is -0.150. The molecule has 0 unspecified atom stereocenters. The smallest absolute Gasteiger partial charge is 0.123 e. The first-order valence-electron chi connectivity index (χ1n) is 3.63. The van der Waals surface area contributed by atoms with Crippen molar-refractivity contribution < 1.29 is 4.39 Å². The first kappa shape index (κ1) is 8.97. The third-order valence-corrected chi connectivity index (χ3v) is 2.28. The van der Waals surface area contributed by atoms with E-state index >= 15 is 0 Å². The quantitative estimate of drug-likeness (QED) is 0.581. The summed E-state index contributed by atoms with van der Waals surface area (Å²) in [7, 11) is 0. The Labute approximate surface area is 80.0 Å². The van der Waals surface area contributed by atoms with Crippen LogP contribution in [0.3, 0.4) is 0 Å².